The van der Waals surface area contributed by atoms with Gasteiger partial charge in [-0.3, -0.25) is 0 Å². The van der Waals surface area contributed by atoms with Crippen LogP contribution < -0.4 is 4.74 Å². The molecule has 2 heteroatoms. The van der Waals surface area contributed by atoms with Gasteiger partial charge in [0.15, 0.2) is 0 Å². The predicted octanol–water partition coefficient (Wildman–Crippen LogP) is 4.24. The third kappa shape index (κ3) is 4.39. The summed E-state index contributed by atoms with van der Waals surface area (Å²) in [7, 11) is 1.67. The van der Waals surface area contributed by atoms with Crippen molar-refractivity contribution in [3.63, 3.8) is 0 Å². The molecular weight excluding hydrogens is 248 g/mol. The zero-order valence-electron chi connectivity index (χ0n) is 12.5. The van der Waals surface area contributed by atoms with E-state index in [9.17, 15) is 5.11 Å². The fraction of sp³-hybridized carbons (Fsp3) is 0.333. The van der Waals surface area contributed by atoms with E-state index in [1.807, 2.05) is 50.2 Å². The summed E-state index contributed by atoms with van der Waals surface area (Å²) >= 11 is 0. The second kappa shape index (κ2) is 9.16. The number of rotatable bonds is 5. The molecule has 0 aliphatic rings. The molecule has 0 aromatic heterocycles. The first-order valence-corrected chi connectivity index (χ1v) is 7.15. The van der Waals surface area contributed by atoms with Crippen LogP contribution in [0.4, 0.5) is 0 Å². The average Bonchev–Trinajstić information content (AvgIpc) is 2.55. The van der Waals surface area contributed by atoms with Crippen LogP contribution in [0.1, 0.15) is 37.3 Å². The van der Waals surface area contributed by atoms with Crippen LogP contribution in [0, 0.1) is 0 Å². The van der Waals surface area contributed by atoms with Gasteiger partial charge in [-0.1, -0.05) is 56.3 Å². The van der Waals surface area contributed by atoms with Gasteiger partial charge in [0.05, 0.1) is 7.11 Å². The van der Waals surface area contributed by atoms with Crippen molar-refractivity contribution >= 4 is 0 Å². The second-order valence-electron chi connectivity index (χ2n) is 4.25. The third-order valence-corrected chi connectivity index (χ3v) is 3.12. The molecule has 0 fully saturated rings. The standard InChI is InChI=1S/C16H18O2.C2H6/c1-18-15-9-5-8-14(12-15)16(10-11-17)13-6-3-2-4-7-13;1-2/h2-9,12,16-17H,10-11H2,1H3;1-2H3. The van der Waals surface area contributed by atoms with Gasteiger partial charge in [0, 0.05) is 12.5 Å². The average molecular weight is 272 g/mol. The summed E-state index contributed by atoms with van der Waals surface area (Å²) in [6, 6.07) is 18.3. The van der Waals surface area contributed by atoms with Gasteiger partial charge in [-0.2, -0.15) is 0 Å². The van der Waals surface area contributed by atoms with Gasteiger partial charge in [-0.05, 0) is 29.7 Å². The van der Waals surface area contributed by atoms with E-state index in [-0.39, 0.29) is 12.5 Å². The molecule has 0 aliphatic heterocycles. The molecule has 1 atom stereocenters. The maximum atomic E-state index is 9.25. The molecule has 0 spiro atoms. The van der Waals surface area contributed by atoms with Gasteiger partial charge < -0.3 is 9.84 Å². The fourth-order valence-corrected chi connectivity index (χ4v) is 2.20. The Morgan fingerprint density at radius 2 is 1.60 bits per heavy atom. The Hall–Kier alpha value is -1.80. The minimum Gasteiger partial charge on any atom is -0.497 e. The molecule has 2 aromatic carbocycles. The molecule has 0 amide bonds. The van der Waals surface area contributed by atoms with E-state index in [1.165, 1.54) is 11.1 Å². The van der Waals surface area contributed by atoms with Crippen molar-refractivity contribution in [1.29, 1.82) is 0 Å². The first kappa shape index (κ1) is 16.3. The summed E-state index contributed by atoms with van der Waals surface area (Å²) in [6.45, 7) is 4.18. The van der Waals surface area contributed by atoms with Gasteiger partial charge in [0.2, 0.25) is 0 Å². The van der Waals surface area contributed by atoms with Crippen LogP contribution in [0.2, 0.25) is 0 Å². The van der Waals surface area contributed by atoms with E-state index < -0.39 is 0 Å². The van der Waals surface area contributed by atoms with Crippen LogP contribution in [0.5, 0.6) is 5.75 Å². The van der Waals surface area contributed by atoms with Gasteiger partial charge >= 0.3 is 0 Å². The molecule has 0 bridgehead atoms. The highest BCUT2D eigenvalue weighted by molar-refractivity contribution is 5.37. The Labute approximate surface area is 122 Å². The van der Waals surface area contributed by atoms with Crippen molar-refractivity contribution < 1.29 is 9.84 Å². The predicted molar refractivity (Wildman–Crippen MR) is 84.3 cm³/mol. The van der Waals surface area contributed by atoms with Crippen LogP contribution in [0.3, 0.4) is 0 Å². The number of ether oxygens (including phenoxy) is 1. The minimum absolute atomic E-state index is 0.177. The summed E-state index contributed by atoms with van der Waals surface area (Å²) in [5, 5.41) is 9.25. The van der Waals surface area contributed by atoms with Crippen molar-refractivity contribution in [2.45, 2.75) is 26.2 Å². The molecule has 1 N–H and O–H groups in total. The Morgan fingerprint density at radius 3 is 2.20 bits per heavy atom. The zero-order chi connectivity index (χ0) is 14.8. The topological polar surface area (TPSA) is 29.5 Å². The Morgan fingerprint density at radius 1 is 0.950 bits per heavy atom. The molecule has 0 aliphatic carbocycles. The van der Waals surface area contributed by atoms with Crippen LogP contribution in [-0.4, -0.2) is 18.8 Å². The van der Waals surface area contributed by atoms with Crippen molar-refractivity contribution in [3.05, 3.63) is 65.7 Å². The summed E-state index contributed by atoms with van der Waals surface area (Å²) in [4.78, 5) is 0. The zero-order valence-corrected chi connectivity index (χ0v) is 12.5. The summed E-state index contributed by atoms with van der Waals surface area (Å²) in [5.41, 5.74) is 2.40. The molecule has 2 rings (SSSR count). The summed E-state index contributed by atoms with van der Waals surface area (Å²) in [6.07, 6.45) is 0.719. The smallest absolute Gasteiger partial charge is 0.119 e. The number of aliphatic hydroxyl groups is 1. The number of hydrogen-bond donors (Lipinski definition) is 1. The van der Waals surface area contributed by atoms with E-state index in [0.29, 0.717) is 0 Å². The van der Waals surface area contributed by atoms with Crippen LogP contribution in [0.25, 0.3) is 0 Å². The van der Waals surface area contributed by atoms with E-state index in [4.69, 9.17) is 4.74 Å². The first-order valence-electron chi connectivity index (χ1n) is 7.15. The highest BCUT2D eigenvalue weighted by Gasteiger charge is 2.13. The van der Waals surface area contributed by atoms with Gasteiger partial charge in [0.25, 0.3) is 0 Å². The monoisotopic (exact) mass is 272 g/mol. The number of methoxy groups -OCH3 is 1. The molecule has 108 valence electrons. The molecule has 0 heterocycles. The molecular formula is C18H24O2. The van der Waals surface area contributed by atoms with Crippen LogP contribution in [0.15, 0.2) is 54.6 Å². The summed E-state index contributed by atoms with van der Waals surface area (Å²) < 4.78 is 5.26. The largest absolute Gasteiger partial charge is 0.497 e. The van der Waals surface area contributed by atoms with E-state index in [0.717, 1.165) is 12.2 Å². The van der Waals surface area contributed by atoms with E-state index in [2.05, 4.69) is 18.2 Å². The molecule has 1 unspecified atom stereocenters. The number of hydrogen-bond acceptors (Lipinski definition) is 2. The van der Waals surface area contributed by atoms with E-state index >= 15 is 0 Å². The lowest BCUT2D eigenvalue weighted by molar-refractivity contribution is 0.281. The summed E-state index contributed by atoms with van der Waals surface area (Å²) in [5.74, 6) is 1.07. The van der Waals surface area contributed by atoms with Gasteiger partial charge in [-0.15, -0.1) is 0 Å². The maximum Gasteiger partial charge on any atom is 0.119 e. The lowest BCUT2D eigenvalue weighted by Gasteiger charge is -2.17. The fourth-order valence-electron chi connectivity index (χ4n) is 2.20. The molecule has 2 nitrogen and oxygen atoms in total. The third-order valence-electron chi connectivity index (χ3n) is 3.12. The number of aliphatic hydroxyl groups excluding tert-OH is 1. The maximum absolute atomic E-state index is 9.25. The molecule has 0 saturated carbocycles. The lowest BCUT2D eigenvalue weighted by atomic mass is 9.89. The van der Waals surface area contributed by atoms with Gasteiger partial charge in [-0.25, -0.2) is 0 Å². The van der Waals surface area contributed by atoms with Crippen LogP contribution >= 0.6 is 0 Å². The Kier molecular flexibility index (Phi) is 7.44. The first-order chi connectivity index (χ1) is 9.85. The van der Waals surface area contributed by atoms with Crippen molar-refractivity contribution in [2.75, 3.05) is 13.7 Å². The lowest BCUT2D eigenvalue weighted by Crippen LogP contribution is -2.03. The highest BCUT2D eigenvalue weighted by Crippen LogP contribution is 2.29. The van der Waals surface area contributed by atoms with Crippen molar-refractivity contribution in [3.8, 4) is 5.75 Å². The molecule has 2 aromatic rings. The van der Waals surface area contributed by atoms with E-state index in [1.54, 1.807) is 7.11 Å². The Bertz CT molecular complexity index is 480. The van der Waals surface area contributed by atoms with Crippen molar-refractivity contribution in [1.82, 2.24) is 0 Å². The Balaban J connectivity index is 0.000000956. The molecule has 0 radical (unpaired) electrons. The quantitative estimate of drug-likeness (QED) is 0.882. The second-order valence-corrected chi connectivity index (χ2v) is 4.25. The number of benzene rings is 2. The highest BCUT2D eigenvalue weighted by atomic mass is 16.5. The van der Waals surface area contributed by atoms with Crippen molar-refractivity contribution in [2.24, 2.45) is 0 Å². The minimum atomic E-state index is 0.177. The SMILES string of the molecule is CC.COc1cccc(C(CCO)c2ccccc2)c1. The normalized spacial score (nSPS) is 11.2. The van der Waals surface area contributed by atoms with Gasteiger partial charge in [0.1, 0.15) is 5.75 Å². The van der Waals surface area contributed by atoms with Crippen LogP contribution in [-0.2, 0) is 0 Å². The molecule has 20 heavy (non-hydrogen) atoms. The molecule has 0 saturated heterocycles.